The molecule has 0 amide bonds. The van der Waals surface area contributed by atoms with Gasteiger partial charge in [-0.2, -0.15) is 0 Å². The minimum Gasteiger partial charge on any atom is -0.438 e. The normalized spacial score (nSPS) is 10.6. The van der Waals surface area contributed by atoms with Gasteiger partial charge in [0.1, 0.15) is 0 Å². The van der Waals surface area contributed by atoms with Crippen LogP contribution >= 0.6 is 22.9 Å². The van der Waals surface area contributed by atoms with Crippen LogP contribution in [0.1, 0.15) is 5.89 Å². The first-order chi connectivity index (χ1) is 6.29. The lowest BCUT2D eigenvalue weighted by Gasteiger charge is -1.87. The molecule has 2 aromatic heterocycles. The van der Waals surface area contributed by atoms with E-state index in [1.165, 1.54) is 11.3 Å². The van der Waals surface area contributed by atoms with E-state index in [0.717, 1.165) is 15.0 Å². The first kappa shape index (κ1) is 8.74. The van der Waals surface area contributed by atoms with Gasteiger partial charge in [-0.1, -0.05) is 11.6 Å². The lowest BCUT2D eigenvalue weighted by Crippen LogP contribution is -1.94. The Bertz CT molecular complexity index is 410. The highest BCUT2D eigenvalue weighted by atomic mass is 35.5. The van der Waals surface area contributed by atoms with Crippen molar-refractivity contribution in [1.82, 2.24) is 4.98 Å². The highest BCUT2D eigenvalue weighted by Crippen LogP contribution is 2.31. The van der Waals surface area contributed by atoms with Gasteiger partial charge in [0.05, 0.1) is 22.0 Å². The Morgan fingerprint density at radius 3 is 2.92 bits per heavy atom. The summed E-state index contributed by atoms with van der Waals surface area (Å²) in [7, 11) is 0. The number of thiophene rings is 1. The van der Waals surface area contributed by atoms with Crippen molar-refractivity contribution in [3.8, 4) is 10.6 Å². The summed E-state index contributed by atoms with van der Waals surface area (Å²) in [4.78, 5) is 4.96. The largest absolute Gasteiger partial charge is 0.438 e. The molecule has 0 bridgehead atoms. The maximum absolute atomic E-state index is 5.78. The summed E-state index contributed by atoms with van der Waals surface area (Å²) in [6.07, 6.45) is 1.66. The second-order valence-electron chi connectivity index (χ2n) is 2.43. The standard InChI is InChI=1S/C8H7ClN2OS/c9-7-2-1-6(13-7)5-4-11-8(3-10)12-5/h1-2,4H,3,10H2. The van der Waals surface area contributed by atoms with Crippen LogP contribution in [0.3, 0.4) is 0 Å². The zero-order chi connectivity index (χ0) is 9.26. The number of hydrogen-bond donors (Lipinski definition) is 1. The molecule has 3 nitrogen and oxygen atoms in total. The number of nitrogens with zero attached hydrogens (tertiary/aromatic N) is 1. The van der Waals surface area contributed by atoms with E-state index in [2.05, 4.69) is 4.98 Å². The second-order valence-corrected chi connectivity index (χ2v) is 4.14. The summed E-state index contributed by atoms with van der Waals surface area (Å²) in [5, 5.41) is 0. The fraction of sp³-hybridized carbons (Fsp3) is 0.125. The third-order valence-corrected chi connectivity index (χ3v) is 2.79. The number of oxazole rings is 1. The Morgan fingerprint density at radius 2 is 2.38 bits per heavy atom. The molecular formula is C8H7ClN2OS. The molecule has 2 N–H and O–H groups in total. The van der Waals surface area contributed by atoms with Crippen LogP contribution in [0.25, 0.3) is 10.6 Å². The van der Waals surface area contributed by atoms with Gasteiger partial charge in [0.15, 0.2) is 5.76 Å². The van der Waals surface area contributed by atoms with E-state index in [0.29, 0.717) is 12.4 Å². The Balaban J connectivity index is 2.35. The Kier molecular flexibility index (Phi) is 2.35. The predicted molar refractivity (Wildman–Crippen MR) is 52.7 cm³/mol. The molecule has 0 radical (unpaired) electrons. The van der Waals surface area contributed by atoms with E-state index in [1.54, 1.807) is 6.20 Å². The molecule has 13 heavy (non-hydrogen) atoms. The van der Waals surface area contributed by atoms with Crippen LogP contribution in [-0.4, -0.2) is 4.98 Å². The molecule has 0 atom stereocenters. The molecule has 2 rings (SSSR count). The predicted octanol–water partition coefficient (Wildman–Crippen LogP) is 2.52. The number of halogens is 1. The zero-order valence-corrected chi connectivity index (χ0v) is 8.23. The van der Waals surface area contributed by atoms with Crippen LogP contribution in [-0.2, 0) is 6.54 Å². The van der Waals surface area contributed by atoms with Crippen molar-refractivity contribution >= 4 is 22.9 Å². The number of nitrogens with two attached hydrogens (primary N) is 1. The summed E-state index contributed by atoms with van der Waals surface area (Å²) < 4.78 is 6.08. The van der Waals surface area contributed by atoms with Crippen molar-refractivity contribution < 1.29 is 4.42 Å². The molecule has 5 heteroatoms. The van der Waals surface area contributed by atoms with Crippen LogP contribution in [0.2, 0.25) is 4.34 Å². The van der Waals surface area contributed by atoms with Gasteiger partial charge in [0.25, 0.3) is 0 Å². The molecule has 0 fully saturated rings. The minimum atomic E-state index is 0.319. The Labute approximate surface area is 84.2 Å². The lowest BCUT2D eigenvalue weighted by molar-refractivity contribution is 0.510. The molecule has 2 heterocycles. The Hall–Kier alpha value is -0.840. The van der Waals surface area contributed by atoms with Gasteiger partial charge in [-0.25, -0.2) is 4.98 Å². The van der Waals surface area contributed by atoms with Crippen molar-refractivity contribution in [2.45, 2.75) is 6.54 Å². The summed E-state index contributed by atoms with van der Waals surface area (Å²) >= 11 is 7.24. The maximum atomic E-state index is 5.78. The first-order valence-electron chi connectivity index (χ1n) is 3.70. The third-order valence-electron chi connectivity index (χ3n) is 1.54. The van der Waals surface area contributed by atoms with E-state index in [-0.39, 0.29) is 0 Å². The molecule has 0 saturated heterocycles. The van der Waals surface area contributed by atoms with Crippen LogP contribution in [0, 0.1) is 0 Å². The molecule has 0 spiro atoms. The lowest BCUT2D eigenvalue weighted by atomic mass is 10.4. The van der Waals surface area contributed by atoms with Crippen molar-refractivity contribution in [3.63, 3.8) is 0 Å². The zero-order valence-electron chi connectivity index (χ0n) is 6.66. The molecular weight excluding hydrogens is 208 g/mol. The van der Waals surface area contributed by atoms with Gasteiger partial charge in [-0.05, 0) is 12.1 Å². The monoisotopic (exact) mass is 214 g/mol. The fourth-order valence-electron chi connectivity index (χ4n) is 0.965. The smallest absolute Gasteiger partial charge is 0.208 e. The van der Waals surface area contributed by atoms with Crippen LogP contribution in [0.4, 0.5) is 0 Å². The fourth-order valence-corrected chi connectivity index (χ4v) is 1.95. The molecule has 0 aromatic carbocycles. The van der Waals surface area contributed by atoms with Gasteiger partial charge in [-0.3, -0.25) is 0 Å². The van der Waals surface area contributed by atoms with E-state index in [4.69, 9.17) is 21.8 Å². The topological polar surface area (TPSA) is 52.0 Å². The average molecular weight is 215 g/mol. The molecule has 0 aliphatic heterocycles. The molecule has 68 valence electrons. The third kappa shape index (κ3) is 1.75. The van der Waals surface area contributed by atoms with Gasteiger partial charge in [0.2, 0.25) is 5.89 Å². The quantitative estimate of drug-likeness (QED) is 0.836. The number of hydrogen-bond acceptors (Lipinski definition) is 4. The van der Waals surface area contributed by atoms with Crippen LogP contribution < -0.4 is 5.73 Å². The molecule has 0 saturated carbocycles. The molecule has 2 aromatic rings. The summed E-state index contributed by atoms with van der Waals surface area (Å²) in [6, 6.07) is 3.72. The second kappa shape index (κ2) is 3.49. The van der Waals surface area contributed by atoms with Crippen molar-refractivity contribution in [2.24, 2.45) is 5.73 Å². The van der Waals surface area contributed by atoms with E-state index in [1.807, 2.05) is 12.1 Å². The molecule has 0 aliphatic rings. The number of rotatable bonds is 2. The Morgan fingerprint density at radius 1 is 1.54 bits per heavy atom. The molecule has 0 unspecified atom stereocenters. The van der Waals surface area contributed by atoms with E-state index >= 15 is 0 Å². The minimum absolute atomic E-state index is 0.319. The van der Waals surface area contributed by atoms with Gasteiger partial charge in [-0.15, -0.1) is 11.3 Å². The average Bonchev–Trinajstić information content (AvgIpc) is 2.71. The summed E-state index contributed by atoms with van der Waals surface area (Å²) in [6.45, 7) is 0.319. The van der Waals surface area contributed by atoms with Gasteiger partial charge >= 0.3 is 0 Å². The SMILES string of the molecule is NCc1ncc(-c2ccc(Cl)s2)o1. The summed E-state index contributed by atoms with van der Waals surface area (Å²) in [5.41, 5.74) is 5.37. The number of aromatic nitrogens is 1. The van der Waals surface area contributed by atoms with Crippen molar-refractivity contribution in [2.75, 3.05) is 0 Å². The molecule has 0 aliphatic carbocycles. The maximum Gasteiger partial charge on any atom is 0.208 e. The van der Waals surface area contributed by atoms with Crippen LogP contribution in [0.5, 0.6) is 0 Å². The van der Waals surface area contributed by atoms with Crippen molar-refractivity contribution in [3.05, 3.63) is 28.6 Å². The van der Waals surface area contributed by atoms with E-state index < -0.39 is 0 Å². The van der Waals surface area contributed by atoms with Crippen LogP contribution in [0.15, 0.2) is 22.7 Å². The van der Waals surface area contributed by atoms with Gasteiger partial charge in [0, 0.05) is 0 Å². The highest BCUT2D eigenvalue weighted by Gasteiger charge is 2.06. The highest BCUT2D eigenvalue weighted by molar-refractivity contribution is 7.19. The van der Waals surface area contributed by atoms with E-state index in [9.17, 15) is 0 Å². The summed E-state index contributed by atoms with van der Waals surface area (Å²) in [5.74, 6) is 1.26. The van der Waals surface area contributed by atoms with Gasteiger partial charge < -0.3 is 10.2 Å². The van der Waals surface area contributed by atoms with Crippen molar-refractivity contribution in [1.29, 1.82) is 0 Å². The first-order valence-corrected chi connectivity index (χ1v) is 4.89.